The van der Waals surface area contributed by atoms with Crippen LogP contribution in [0.3, 0.4) is 0 Å². The molecule has 0 saturated carbocycles. The summed E-state index contributed by atoms with van der Waals surface area (Å²) in [6.07, 6.45) is 0. The third kappa shape index (κ3) is 3.48. The molecule has 2 aromatic heterocycles. The molecule has 0 radical (unpaired) electrons. The monoisotopic (exact) mass is 408 g/mol. The molecule has 31 heavy (non-hydrogen) atoms. The number of rotatable bonds is 5. The maximum atomic E-state index is 13.2. The SMILES string of the molecule is Cc1cc2ccccc2n1CC(=O)NC(c1ccccc1)c1nc2ccccc2n1C. The summed E-state index contributed by atoms with van der Waals surface area (Å²) in [5, 5.41) is 4.38. The van der Waals surface area contributed by atoms with Gasteiger partial charge in [0.1, 0.15) is 18.4 Å². The molecule has 5 nitrogen and oxygen atoms in total. The first kappa shape index (κ1) is 19.1. The second kappa shape index (κ2) is 7.76. The Labute approximate surface area is 181 Å². The van der Waals surface area contributed by atoms with E-state index in [0.717, 1.165) is 39.0 Å². The fraction of sp³-hybridized carbons (Fsp3) is 0.154. The lowest BCUT2D eigenvalue weighted by molar-refractivity contribution is -0.122. The van der Waals surface area contributed by atoms with Crippen LogP contribution in [-0.4, -0.2) is 20.0 Å². The fourth-order valence-electron chi connectivity index (χ4n) is 4.27. The van der Waals surface area contributed by atoms with Gasteiger partial charge in [-0.05, 0) is 42.1 Å². The highest BCUT2D eigenvalue weighted by atomic mass is 16.2. The number of para-hydroxylation sites is 3. The topological polar surface area (TPSA) is 51.9 Å². The predicted molar refractivity (Wildman–Crippen MR) is 124 cm³/mol. The highest BCUT2D eigenvalue weighted by molar-refractivity contribution is 5.84. The number of hydrogen-bond acceptors (Lipinski definition) is 2. The summed E-state index contributed by atoms with van der Waals surface area (Å²) in [7, 11) is 2.00. The average molecular weight is 409 g/mol. The van der Waals surface area contributed by atoms with Gasteiger partial charge in [0.25, 0.3) is 0 Å². The van der Waals surface area contributed by atoms with E-state index in [1.54, 1.807) is 0 Å². The number of fused-ring (bicyclic) bond motifs is 2. The maximum absolute atomic E-state index is 13.2. The minimum absolute atomic E-state index is 0.0506. The lowest BCUT2D eigenvalue weighted by Crippen LogP contribution is -2.33. The second-order valence-electron chi connectivity index (χ2n) is 7.86. The Hall–Kier alpha value is -3.86. The zero-order valence-corrected chi connectivity index (χ0v) is 17.6. The molecule has 0 spiro atoms. The predicted octanol–water partition coefficient (Wildman–Crippen LogP) is 4.74. The van der Waals surface area contributed by atoms with E-state index in [1.807, 2.05) is 80.7 Å². The van der Waals surface area contributed by atoms with Gasteiger partial charge < -0.3 is 14.5 Å². The number of benzene rings is 3. The highest BCUT2D eigenvalue weighted by Crippen LogP contribution is 2.25. The minimum Gasteiger partial charge on any atom is -0.341 e. The first-order valence-corrected chi connectivity index (χ1v) is 10.4. The molecule has 0 aliphatic carbocycles. The third-order valence-electron chi connectivity index (χ3n) is 5.84. The van der Waals surface area contributed by atoms with Crippen molar-refractivity contribution in [1.29, 1.82) is 0 Å². The van der Waals surface area contributed by atoms with Gasteiger partial charge in [-0.1, -0.05) is 60.7 Å². The van der Waals surface area contributed by atoms with Crippen molar-refractivity contribution < 1.29 is 4.79 Å². The van der Waals surface area contributed by atoms with Crippen molar-refractivity contribution in [3.63, 3.8) is 0 Å². The first-order chi connectivity index (χ1) is 15.1. The van der Waals surface area contributed by atoms with E-state index in [0.29, 0.717) is 0 Å². The van der Waals surface area contributed by atoms with Gasteiger partial charge >= 0.3 is 0 Å². The number of hydrogen-bond donors (Lipinski definition) is 1. The largest absolute Gasteiger partial charge is 0.341 e. The van der Waals surface area contributed by atoms with Crippen molar-refractivity contribution in [3.8, 4) is 0 Å². The number of aromatic nitrogens is 3. The standard InChI is InChI=1S/C26H24N4O/c1-18-16-20-12-6-8-14-22(20)30(18)17-24(31)28-25(19-10-4-3-5-11-19)26-27-21-13-7-9-15-23(21)29(26)2/h3-16,25H,17H2,1-2H3,(H,28,31). The van der Waals surface area contributed by atoms with E-state index in [4.69, 9.17) is 4.98 Å². The molecule has 0 bridgehead atoms. The Morgan fingerprint density at radius 2 is 1.61 bits per heavy atom. The Bertz CT molecular complexity index is 1380. The number of carbonyl (C=O) groups excluding carboxylic acids is 1. The van der Waals surface area contributed by atoms with Crippen molar-refractivity contribution >= 4 is 27.8 Å². The van der Waals surface area contributed by atoms with Gasteiger partial charge in [-0.2, -0.15) is 0 Å². The molecule has 2 heterocycles. The number of amides is 1. The number of aryl methyl sites for hydroxylation is 2. The summed E-state index contributed by atoms with van der Waals surface area (Å²) in [6.45, 7) is 2.29. The molecule has 5 aromatic rings. The first-order valence-electron chi connectivity index (χ1n) is 10.4. The van der Waals surface area contributed by atoms with E-state index in [9.17, 15) is 4.79 Å². The summed E-state index contributed by atoms with van der Waals surface area (Å²) in [5.41, 5.74) is 5.09. The van der Waals surface area contributed by atoms with Crippen LogP contribution < -0.4 is 5.32 Å². The zero-order valence-electron chi connectivity index (χ0n) is 17.6. The summed E-state index contributed by atoms with van der Waals surface area (Å²) in [5.74, 6) is 0.764. The van der Waals surface area contributed by atoms with Gasteiger partial charge in [0.05, 0.1) is 11.0 Å². The molecule has 1 N–H and O–H groups in total. The van der Waals surface area contributed by atoms with Gasteiger partial charge in [0.2, 0.25) is 5.91 Å². The second-order valence-corrected chi connectivity index (χ2v) is 7.86. The van der Waals surface area contributed by atoms with E-state index >= 15 is 0 Å². The van der Waals surface area contributed by atoms with Crippen LogP contribution >= 0.6 is 0 Å². The normalized spacial score (nSPS) is 12.3. The van der Waals surface area contributed by atoms with E-state index < -0.39 is 0 Å². The molecule has 0 aliphatic rings. The Balaban J connectivity index is 1.51. The van der Waals surface area contributed by atoms with E-state index in [2.05, 4.69) is 32.7 Å². The molecule has 1 unspecified atom stereocenters. The number of nitrogens with one attached hydrogen (secondary N) is 1. The van der Waals surface area contributed by atoms with Gasteiger partial charge in [0.15, 0.2) is 0 Å². The van der Waals surface area contributed by atoms with Gasteiger partial charge in [-0.25, -0.2) is 4.98 Å². The van der Waals surface area contributed by atoms with Crippen LogP contribution in [0.15, 0.2) is 84.9 Å². The van der Waals surface area contributed by atoms with Gasteiger partial charge in [0, 0.05) is 18.3 Å². The van der Waals surface area contributed by atoms with Crippen molar-refractivity contribution in [2.24, 2.45) is 7.05 Å². The Morgan fingerprint density at radius 3 is 2.39 bits per heavy atom. The molecular weight excluding hydrogens is 384 g/mol. The molecule has 154 valence electrons. The van der Waals surface area contributed by atoms with Crippen LogP contribution in [0, 0.1) is 6.92 Å². The molecule has 0 aliphatic heterocycles. The summed E-state index contributed by atoms with van der Waals surface area (Å²) in [4.78, 5) is 18.1. The molecule has 5 heteroatoms. The van der Waals surface area contributed by atoms with Crippen molar-refractivity contribution in [3.05, 3.63) is 102 Å². The summed E-state index contributed by atoms with van der Waals surface area (Å²) < 4.78 is 4.12. The molecule has 0 saturated heterocycles. The van der Waals surface area contributed by atoms with Crippen LogP contribution in [-0.2, 0) is 18.4 Å². The van der Waals surface area contributed by atoms with Crippen molar-refractivity contribution in [2.45, 2.75) is 19.5 Å². The van der Waals surface area contributed by atoms with Crippen molar-refractivity contribution in [2.75, 3.05) is 0 Å². The fourth-order valence-corrected chi connectivity index (χ4v) is 4.27. The third-order valence-corrected chi connectivity index (χ3v) is 5.84. The van der Waals surface area contributed by atoms with Gasteiger partial charge in [-0.15, -0.1) is 0 Å². The Morgan fingerprint density at radius 1 is 0.935 bits per heavy atom. The summed E-state index contributed by atoms with van der Waals surface area (Å²) in [6, 6.07) is 28.0. The maximum Gasteiger partial charge on any atom is 0.240 e. The molecule has 0 fully saturated rings. The summed E-state index contributed by atoms with van der Waals surface area (Å²) >= 11 is 0. The molecule has 3 aromatic carbocycles. The lowest BCUT2D eigenvalue weighted by atomic mass is 10.1. The molecule has 1 atom stereocenters. The van der Waals surface area contributed by atoms with E-state index in [-0.39, 0.29) is 18.5 Å². The quantitative estimate of drug-likeness (QED) is 0.457. The van der Waals surface area contributed by atoms with Gasteiger partial charge in [-0.3, -0.25) is 4.79 Å². The molecule has 1 amide bonds. The van der Waals surface area contributed by atoms with Crippen LogP contribution in [0.5, 0.6) is 0 Å². The van der Waals surface area contributed by atoms with E-state index in [1.165, 1.54) is 0 Å². The van der Waals surface area contributed by atoms with Crippen LogP contribution in [0.4, 0.5) is 0 Å². The van der Waals surface area contributed by atoms with Crippen LogP contribution in [0.1, 0.15) is 23.1 Å². The zero-order chi connectivity index (χ0) is 21.4. The molecular formula is C26H24N4O. The average Bonchev–Trinajstić information content (AvgIpc) is 3.29. The van der Waals surface area contributed by atoms with Crippen LogP contribution in [0.25, 0.3) is 21.9 Å². The number of carbonyl (C=O) groups is 1. The number of nitrogens with zero attached hydrogens (tertiary/aromatic N) is 3. The van der Waals surface area contributed by atoms with Crippen molar-refractivity contribution in [1.82, 2.24) is 19.4 Å². The smallest absolute Gasteiger partial charge is 0.240 e. The number of imidazole rings is 1. The Kier molecular flexibility index (Phi) is 4.79. The highest BCUT2D eigenvalue weighted by Gasteiger charge is 2.23. The lowest BCUT2D eigenvalue weighted by Gasteiger charge is -2.20. The van der Waals surface area contributed by atoms with Crippen LogP contribution in [0.2, 0.25) is 0 Å². The molecule has 5 rings (SSSR count). The minimum atomic E-state index is -0.340.